The van der Waals surface area contributed by atoms with E-state index in [1.54, 1.807) is 0 Å². The second kappa shape index (κ2) is 4.17. The molecule has 2 amide bonds. The molecule has 0 bridgehead atoms. The third-order valence-electron chi connectivity index (χ3n) is 2.80. The Labute approximate surface area is 86.0 Å². The third-order valence-corrected chi connectivity index (χ3v) is 2.80. The number of nitrogens with zero attached hydrogens (tertiary/aromatic N) is 1. The fourth-order valence-electron chi connectivity index (χ4n) is 0.919. The van der Waals surface area contributed by atoms with E-state index in [1.807, 2.05) is 14.1 Å². The molecule has 0 spiro atoms. The Hall–Kier alpha value is -0.770. The molecule has 82 valence electrons. The lowest BCUT2D eigenvalue weighted by Crippen LogP contribution is -2.50. The summed E-state index contributed by atoms with van der Waals surface area (Å²) in [7, 11) is 4.03. The molecule has 4 heteroatoms. The van der Waals surface area contributed by atoms with Crippen molar-refractivity contribution in [3.05, 3.63) is 0 Å². The maximum atomic E-state index is 11.3. The summed E-state index contributed by atoms with van der Waals surface area (Å²) in [5.41, 5.74) is 0.000884. The SMILES string of the molecule is CN(C)C(C)(C)CNC(=O)NC1CC1. The van der Waals surface area contributed by atoms with Gasteiger partial charge in [0, 0.05) is 18.1 Å². The average Bonchev–Trinajstić information content (AvgIpc) is 2.85. The molecule has 0 aromatic carbocycles. The van der Waals surface area contributed by atoms with Crippen molar-refractivity contribution in [2.75, 3.05) is 20.6 Å². The molecular weight excluding hydrogens is 178 g/mol. The number of likely N-dealkylation sites (N-methyl/N-ethyl adjacent to an activating group) is 1. The van der Waals surface area contributed by atoms with Crippen molar-refractivity contribution in [3.63, 3.8) is 0 Å². The summed E-state index contributed by atoms with van der Waals surface area (Å²) in [5, 5.41) is 5.78. The Balaban J connectivity index is 2.20. The van der Waals surface area contributed by atoms with Crippen molar-refractivity contribution in [2.24, 2.45) is 0 Å². The van der Waals surface area contributed by atoms with Crippen molar-refractivity contribution in [1.82, 2.24) is 15.5 Å². The molecule has 1 rings (SSSR count). The van der Waals surface area contributed by atoms with E-state index < -0.39 is 0 Å². The quantitative estimate of drug-likeness (QED) is 0.703. The van der Waals surface area contributed by atoms with Crippen molar-refractivity contribution < 1.29 is 4.79 Å². The van der Waals surface area contributed by atoms with Crippen LogP contribution in [0.1, 0.15) is 26.7 Å². The van der Waals surface area contributed by atoms with Crippen LogP contribution in [0.15, 0.2) is 0 Å². The van der Waals surface area contributed by atoms with Gasteiger partial charge in [-0.2, -0.15) is 0 Å². The molecule has 0 aromatic rings. The highest BCUT2D eigenvalue weighted by Crippen LogP contribution is 2.18. The second-order valence-corrected chi connectivity index (χ2v) is 4.81. The first kappa shape index (κ1) is 11.3. The number of hydrogen-bond acceptors (Lipinski definition) is 2. The second-order valence-electron chi connectivity index (χ2n) is 4.81. The van der Waals surface area contributed by atoms with Gasteiger partial charge in [-0.05, 0) is 40.8 Å². The number of rotatable bonds is 4. The van der Waals surface area contributed by atoms with Crippen LogP contribution in [0.4, 0.5) is 4.79 Å². The minimum atomic E-state index is -0.0394. The van der Waals surface area contributed by atoms with Gasteiger partial charge >= 0.3 is 6.03 Å². The average molecular weight is 199 g/mol. The lowest BCUT2D eigenvalue weighted by Gasteiger charge is -2.32. The summed E-state index contributed by atoms with van der Waals surface area (Å²) in [4.78, 5) is 13.4. The van der Waals surface area contributed by atoms with E-state index in [0.717, 1.165) is 12.8 Å². The van der Waals surface area contributed by atoms with E-state index in [4.69, 9.17) is 0 Å². The van der Waals surface area contributed by atoms with Crippen LogP contribution < -0.4 is 10.6 Å². The molecule has 0 aliphatic heterocycles. The molecule has 14 heavy (non-hydrogen) atoms. The molecule has 0 saturated heterocycles. The van der Waals surface area contributed by atoms with Crippen molar-refractivity contribution in [2.45, 2.75) is 38.3 Å². The Morgan fingerprint density at radius 2 is 2.00 bits per heavy atom. The molecule has 4 nitrogen and oxygen atoms in total. The highest BCUT2D eigenvalue weighted by Gasteiger charge is 2.25. The van der Waals surface area contributed by atoms with Gasteiger partial charge in [0.2, 0.25) is 0 Å². The lowest BCUT2D eigenvalue weighted by atomic mass is 10.1. The summed E-state index contributed by atoms with van der Waals surface area (Å²) < 4.78 is 0. The molecular formula is C10H21N3O. The first-order valence-corrected chi connectivity index (χ1v) is 5.13. The van der Waals surface area contributed by atoms with Crippen LogP contribution >= 0.6 is 0 Å². The minimum absolute atomic E-state index is 0.000884. The number of hydrogen-bond donors (Lipinski definition) is 2. The first-order chi connectivity index (χ1) is 6.42. The largest absolute Gasteiger partial charge is 0.336 e. The number of amides is 2. The number of carbonyl (C=O) groups excluding carboxylic acids is 1. The highest BCUT2D eigenvalue weighted by atomic mass is 16.2. The van der Waals surface area contributed by atoms with Gasteiger partial charge in [-0.3, -0.25) is 0 Å². The third kappa shape index (κ3) is 3.54. The summed E-state index contributed by atoms with van der Waals surface area (Å²) >= 11 is 0. The summed E-state index contributed by atoms with van der Waals surface area (Å²) in [6.45, 7) is 4.87. The van der Waals surface area contributed by atoms with Crippen LogP contribution in [0, 0.1) is 0 Å². The van der Waals surface area contributed by atoms with Gasteiger partial charge in [0.1, 0.15) is 0 Å². The standard InChI is InChI=1S/C10H21N3O/c1-10(2,13(3)4)7-11-9(14)12-8-5-6-8/h8H,5-7H2,1-4H3,(H2,11,12,14). The van der Waals surface area contributed by atoms with Gasteiger partial charge < -0.3 is 15.5 Å². The summed E-state index contributed by atoms with van der Waals surface area (Å²) in [6, 6.07) is 0.389. The maximum Gasteiger partial charge on any atom is 0.315 e. The number of urea groups is 1. The van der Waals surface area contributed by atoms with Crippen molar-refractivity contribution in [3.8, 4) is 0 Å². The Kier molecular flexibility index (Phi) is 3.37. The molecule has 1 aliphatic rings. The number of carbonyl (C=O) groups is 1. The Morgan fingerprint density at radius 3 is 2.43 bits per heavy atom. The zero-order chi connectivity index (χ0) is 10.8. The zero-order valence-corrected chi connectivity index (χ0v) is 9.55. The zero-order valence-electron chi connectivity index (χ0n) is 9.55. The Bertz CT molecular complexity index is 209. The normalized spacial score (nSPS) is 16.9. The predicted octanol–water partition coefficient (Wildman–Crippen LogP) is 0.788. The molecule has 1 saturated carbocycles. The van der Waals surface area contributed by atoms with Crippen molar-refractivity contribution >= 4 is 6.03 Å². The fraction of sp³-hybridized carbons (Fsp3) is 0.900. The molecule has 2 N–H and O–H groups in total. The number of nitrogens with one attached hydrogen (secondary N) is 2. The van der Waals surface area contributed by atoms with E-state index in [-0.39, 0.29) is 11.6 Å². The van der Waals surface area contributed by atoms with Gasteiger partial charge in [-0.25, -0.2) is 4.79 Å². The molecule has 1 aliphatic carbocycles. The monoisotopic (exact) mass is 199 g/mol. The van der Waals surface area contributed by atoms with E-state index in [2.05, 4.69) is 29.4 Å². The smallest absolute Gasteiger partial charge is 0.315 e. The van der Waals surface area contributed by atoms with Crippen LogP contribution in [-0.4, -0.2) is 43.2 Å². The summed E-state index contributed by atoms with van der Waals surface area (Å²) in [5.74, 6) is 0. The van der Waals surface area contributed by atoms with E-state index in [9.17, 15) is 4.79 Å². The highest BCUT2D eigenvalue weighted by molar-refractivity contribution is 5.74. The topological polar surface area (TPSA) is 44.4 Å². The van der Waals surface area contributed by atoms with Crippen LogP contribution in [0.3, 0.4) is 0 Å². The molecule has 0 aromatic heterocycles. The Morgan fingerprint density at radius 1 is 1.43 bits per heavy atom. The van der Waals surface area contributed by atoms with Crippen LogP contribution in [0.5, 0.6) is 0 Å². The van der Waals surface area contributed by atoms with Crippen LogP contribution in [-0.2, 0) is 0 Å². The van der Waals surface area contributed by atoms with Gasteiger partial charge in [0.15, 0.2) is 0 Å². The lowest BCUT2D eigenvalue weighted by molar-refractivity contribution is 0.186. The van der Waals surface area contributed by atoms with Gasteiger partial charge in [0.05, 0.1) is 0 Å². The van der Waals surface area contributed by atoms with E-state index in [1.165, 1.54) is 0 Å². The van der Waals surface area contributed by atoms with Crippen molar-refractivity contribution in [1.29, 1.82) is 0 Å². The van der Waals surface area contributed by atoms with Gasteiger partial charge in [-0.1, -0.05) is 0 Å². The molecule has 0 unspecified atom stereocenters. The fourth-order valence-corrected chi connectivity index (χ4v) is 0.919. The maximum absolute atomic E-state index is 11.3. The minimum Gasteiger partial charge on any atom is -0.336 e. The van der Waals surface area contributed by atoms with E-state index >= 15 is 0 Å². The molecule has 0 radical (unpaired) electrons. The molecule has 0 atom stereocenters. The summed E-state index contributed by atoms with van der Waals surface area (Å²) in [6.07, 6.45) is 2.26. The van der Waals surface area contributed by atoms with Crippen LogP contribution in [0.2, 0.25) is 0 Å². The first-order valence-electron chi connectivity index (χ1n) is 5.13. The van der Waals surface area contributed by atoms with Gasteiger partial charge in [0.25, 0.3) is 0 Å². The van der Waals surface area contributed by atoms with Gasteiger partial charge in [-0.15, -0.1) is 0 Å². The predicted molar refractivity (Wildman–Crippen MR) is 57.3 cm³/mol. The van der Waals surface area contributed by atoms with E-state index in [0.29, 0.717) is 12.6 Å². The van der Waals surface area contributed by atoms with Crippen LogP contribution in [0.25, 0.3) is 0 Å². The molecule has 1 fully saturated rings. The molecule has 0 heterocycles.